The molecule has 1 aromatic rings. The second-order valence-corrected chi connectivity index (χ2v) is 28.1. The molecule has 0 aliphatic carbocycles. The van der Waals surface area contributed by atoms with Crippen molar-refractivity contribution in [3.05, 3.63) is 33.1 Å². The number of hydrogen-bond donors (Lipinski definition) is 2. The van der Waals surface area contributed by atoms with Crippen LogP contribution in [0, 0.1) is 0 Å². The Morgan fingerprint density at radius 3 is 2.05 bits per heavy atom. The molecule has 4 atom stereocenters. The summed E-state index contributed by atoms with van der Waals surface area (Å²) in [7, 11) is -7.41. The molecule has 2 aliphatic heterocycles. The Balaban J connectivity index is 2.22. The van der Waals surface area contributed by atoms with Gasteiger partial charge in [-0.25, -0.2) is 4.79 Å². The minimum atomic E-state index is -3.02. The number of nitrogens with zero attached hydrogens (tertiary/aromatic N) is 1. The van der Waals surface area contributed by atoms with Crippen LogP contribution in [0.1, 0.15) is 68.0 Å². The highest BCUT2D eigenvalue weighted by Crippen LogP contribution is 2.51. The van der Waals surface area contributed by atoms with Crippen LogP contribution in [0.3, 0.4) is 0 Å². The van der Waals surface area contributed by atoms with Crippen LogP contribution in [-0.4, -0.2) is 64.3 Å². The number of H-pyrrole nitrogens is 1. The van der Waals surface area contributed by atoms with Crippen LogP contribution in [0.4, 0.5) is 0 Å². The molecule has 0 aromatic carbocycles. The van der Waals surface area contributed by atoms with Crippen molar-refractivity contribution in [2.45, 2.75) is 134 Å². The molecule has 0 unspecified atom stereocenters. The van der Waals surface area contributed by atoms with Crippen LogP contribution in [0.2, 0.25) is 47.8 Å². The first kappa shape index (κ1) is 31.7. The Bertz CT molecular complexity index is 1070. The average Bonchev–Trinajstić information content (AvgIpc) is 3.02. The monoisotopic (exact) mass is 586 g/mol. The number of aliphatic hydroxyl groups is 1. The standard InChI is InChI=1S/C26H50N2O7Si3/c1-17(2)37(18(3)4)32-16-21-23(34-38(35-37,19(5)6)20(7)8)26(31,13-15-36(9,10)11)24(33-21)28-14-12-22(29)27-25(28)30/h12,14,17-21,23-24,31H,13,15-16H2,1-11H3,(H,27,29,30)/t21-,23-,24-,26+/m1/s1. The van der Waals surface area contributed by atoms with E-state index in [-0.39, 0.29) is 28.8 Å². The lowest BCUT2D eigenvalue weighted by Gasteiger charge is -2.52. The fourth-order valence-corrected chi connectivity index (χ4v) is 18.4. The third-order valence-electron chi connectivity index (χ3n) is 8.26. The SMILES string of the molecule is CC(C)[Si]1(C(C)C)OC[C@H]2O[C@@H](n3ccc(=O)[nH]c3=O)[C@](O)(CC[Si](C)(C)C)[C@@H]2O[Si](C(C)C)(C(C)C)O1. The van der Waals surface area contributed by atoms with Gasteiger partial charge in [0.2, 0.25) is 0 Å². The molecule has 3 rings (SSSR count). The molecule has 0 bridgehead atoms. The van der Waals surface area contributed by atoms with Crippen LogP contribution in [0.25, 0.3) is 0 Å². The average molecular weight is 587 g/mol. The van der Waals surface area contributed by atoms with E-state index in [2.05, 4.69) is 80.0 Å². The van der Waals surface area contributed by atoms with E-state index in [0.717, 1.165) is 6.04 Å². The Morgan fingerprint density at radius 2 is 1.58 bits per heavy atom. The first-order chi connectivity index (χ1) is 17.4. The second-order valence-electron chi connectivity index (χ2n) is 13.6. The fourth-order valence-electron chi connectivity index (χ4n) is 6.01. The summed E-state index contributed by atoms with van der Waals surface area (Å²) in [5.41, 5.74) is -2.10. The van der Waals surface area contributed by atoms with Gasteiger partial charge in [0.15, 0.2) is 6.23 Å². The summed E-state index contributed by atoms with van der Waals surface area (Å²) in [6.07, 6.45) is -0.565. The van der Waals surface area contributed by atoms with Gasteiger partial charge in [-0.15, -0.1) is 0 Å². The molecule has 2 saturated heterocycles. The number of ether oxygens (including phenoxy) is 1. The summed E-state index contributed by atoms with van der Waals surface area (Å²) < 4.78 is 29.2. The van der Waals surface area contributed by atoms with Crippen molar-refractivity contribution in [2.75, 3.05) is 6.61 Å². The van der Waals surface area contributed by atoms with Crippen molar-refractivity contribution in [1.82, 2.24) is 9.55 Å². The number of aromatic nitrogens is 2. The molecular formula is C26H50N2O7Si3. The fraction of sp³-hybridized carbons (Fsp3) is 0.846. The minimum Gasteiger partial charge on any atom is -0.414 e. The quantitative estimate of drug-likeness (QED) is 0.419. The zero-order chi connectivity index (χ0) is 28.8. The third kappa shape index (κ3) is 5.78. The number of aromatic amines is 1. The summed E-state index contributed by atoms with van der Waals surface area (Å²) in [5.74, 6) is 0. The van der Waals surface area contributed by atoms with E-state index in [1.807, 2.05) is 0 Å². The minimum absolute atomic E-state index is 0.0883. The van der Waals surface area contributed by atoms with Gasteiger partial charge in [0.25, 0.3) is 5.56 Å². The molecule has 2 aliphatic rings. The van der Waals surface area contributed by atoms with Crippen molar-refractivity contribution >= 4 is 25.2 Å². The van der Waals surface area contributed by atoms with Crippen LogP contribution in [0.15, 0.2) is 21.9 Å². The number of fused-ring (bicyclic) bond motifs is 1. The summed E-state index contributed by atoms with van der Waals surface area (Å²) in [6, 6.07) is 2.09. The highest BCUT2D eigenvalue weighted by molar-refractivity contribution is 6.84. The molecule has 9 nitrogen and oxygen atoms in total. The molecule has 0 spiro atoms. The molecule has 3 heterocycles. The van der Waals surface area contributed by atoms with E-state index < -0.39 is 60.5 Å². The Kier molecular flexibility index (Phi) is 9.32. The lowest BCUT2D eigenvalue weighted by Crippen LogP contribution is -2.67. The first-order valence-corrected chi connectivity index (χ1v) is 21.8. The maximum Gasteiger partial charge on any atom is 0.335 e. The van der Waals surface area contributed by atoms with Gasteiger partial charge in [-0.2, -0.15) is 0 Å². The van der Waals surface area contributed by atoms with Crippen molar-refractivity contribution in [3.8, 4) is 0 Å². The highest BCUT2D eigenvalue weighted by atomic mass is 28.5. The molecule has 2 N–H and O–H groups in total. The van der Waals surface area contributed by atoms with Gasteiger partial charge in [0.1, 0.15) is 17.8 Å². The molecule has 38 heavy (non-hydrogen) atoms. The Morgan fingerprint density at radius 1 is 1.03 bits per heavy atom. The molecular weight excluding hydrogens is 537 g/mol. The van der Waals surface area contributed by atoms with E-state index in [4.69, 9.17) is 17.7 Å². The smallest absolute Gasteiger partial charge is 0.335 e. The summed E-state index contributed by atoms with van der Waals surface area (Å²) in [5, 5.41) is 12.6. The number of nitrogens with one attached hydrogen (secondary N) is 1. The van der Waals surface area contributed by atoms with Crippen LogP contribution in [0.5, 0.6) is 0 Å². The Labute approximate surface area is 230 Å². The van der Waals surface area contributed by atoms with Gasteiger partial charge in [-0.05, 0) is 28.6 Å². The van der Waals surface area contributed by atoms with Gasteiger partial charge in [-0.1, -0.05) is 81.1 Å². The number of hydrogen-bond acceptors (Lipinski definition) is 7. The predicted molar refractivity (Wildman–Crippen MR) is 157 cm³/mol. The topological polar surface area (TPSA) is 112 Å². The van der Waals surface area contributed by atoms with E-state index in [1.165, 1.54) is 16.8 Å². The predicted octanol–water partition coefficient (Wildman–Crippen LogP) is 4.85. The highest BCUT2D eigenvalue weighted by Gasteiger charge is 2.65. The zero-order valence-electron chi connectivity index (χ0n) is 25.2. The molecule has 218 valence electrons. The maximum atomic E-state index is 12.9. The normalized spacial score (nSPS) is 29.6. The van der Waals surface area contributed by atoms with Crippen LogP contribution in [-0.2, 0) is 17.7 Å². The van der Waals surface area contributed by atoms with Gasteiger partial charge >= 0.3 is 22.8 Å². The lowest BCUT2D eigenvalue weighted by atomic mass is 9.91. The van der Waals surface area contributed by atoms with Crippen molar-refractivity contribution in [2.24, 2.45) is 0 Å². The number of rotatable bonds is 8. The summed E-state index contributed by atoms with van der Waals surface area (Å²) >= 11 is 0. The zero-order valence-corrected chi connectivity index (χ0v) is 28.2. The lowest BCUT2D eigenvalue weighted by molar-refractivity contribution is -0.111. The van der Waals surface area contributed by atoms with Crippen molar-refractivity contribution < 1.29 is 22.8 Å². The van der Waals surface area contributed by atoms with E-state index >= 15 is 0 Å². The van der Waals surface area contributed by atoms with Gasteiger partial charge < -0.3 is 22.8 Å². The first-order valence-electron chi connectivity index (χ1n) is 14.1. The Hall–Kier alpha value is -0.869. The van der Waals surface area contributed by atoms with E-state index in [0.29, 0.717) is 6.42 Å². The molecule has 2 fully saturated rings. The van der Waals surface area contributed by atoms with Crippen molar-refractivity contribution in [3.63, 3.8) is 0 Å². The largest absolute Gasteiger partial charge is 0.414 e. The third-order valence-corrected chi connectivity index (χ3v) is 20.2. The van der Waals surface area contributed by atoms with E-state index in [1.54, 1.807) is 0 Å². The molecule has 12 heteroatoms. The van der Waals surface area contributed by atoms with Gasteiger partial charge in [0, 0.05) is 20.3 Å². The summed E-state index contributed by atoms with van der Waals surface area (Å²) in [4.78, 5) is 27.1. The molecule has 0 radical (unpaired) electrons. The molecule has 0 amide bonds. The van der Waals surface area contributed by atoms with Crippen molar-refractivity contribution in [1.29, 1.82) is 0 Å². The van der Waals surface area contributed by atoms with Gasteiger partial charge in [-0.3, -0.25) is 14.3 Å². The molecule has 1 aromatic heterocycles. The van der Waals surface area contributed by atoms with Gasteiger partial charge in [0.05, 0.1) is 6.61 Å². The van der Waals surface area contributed by atoms with Crippen LogP contribution < -0.4 is 11.2 Å². The van der Waals surface area contributed by atoms with Crippen LogP contribution >= 0.6 is 0 Å². The van der Waals surface area contributed by atoms with E-state index in [9.17, 15) is 14.7 Å². The maximum absolute atomic E-state index is 12.9. The molecule has 0 saturated carbocycles. The summed E-state index contributed by atoms with van der Waals surface area (Å²) in [6.45, 7) is 24.2. The second kappa shape index (κ2) is 11.2.